The molecule has 0 saturated heterocycles. The summed E-state index contributed by atoms with van der Waals surface area (Å²) >= 11 is 5.97. The number of anilines is 1. The van der Waals surface area contributed by atoms with Crippen LogP contribution >= 0.6 is 11.6 Å². The lowest BCUT2D eigenvalue weighted by Crippen LogP contribution is -2.17. The fourth-order valence-electron chi connectivity index (χ4n) is 3.37. The van der Waals surface area contributed by atoms with E-state index in [1.54, 1.807) is 16.6 Å². The van der Waals surface area contributed by atoms with Crippen molar-refractivity contribution >= 4 is 29.0 Å². The molecule has 4 rings (SSSR count). The average Bonchev–Trinajstić information content (AvgIpc) is 3.16. The first-order valence-corrected chi connectivity index (χ1v) is 10.2. The van der Waals surface area contributed by atoms with Crippen molar-refractivity contribution in [1.29, 1.82) is 0 Å². The van der Waals surface area contributed by atoms with E-state index in [-0.39, 0.29) is 12.3 Å². The Bertz CT molecular complexity index is 1210. The number of halogens is 1. The van der Waals surface area contributed by atoms with E-state index >= 15 is 0 Å². The van der Waals surface area contributed by atoms with Gasteiger partial charge >= 0.3 is 0 Å². The van der Waals surface area contributed by atoms with E-state index in [0.717, 1.165) is 34.6 Å². The quantitative estimate of drug-likeness (QED) is 0.504. The van der Waals surface area contributed by atoms with Crippen molar-refractivity contribution in [2.75, 3.05) is 5.32 Å². The summed E-state index contributed by atoms with van der Waals surface area (Å²) in [6, 6.07) is 15.2. The van der Waals surface area contributed by atoms with Gasteiger partial charge in [0.2, 0.25) is 5.91 Å². The number of amides is 1. The summed E-state index contributed by atoms with van der Waals surface area (Å²) < 4.78 is 1.69. The summed E-state index contributed by atoms with van der Waals surface area (Å²) in [5.41, 5.74) is 5.34. The monoisotopic (exact) mass is 419 g/mol. The number of benzene rings is 2. The summed E-state index contributed by atoms with van der Waals surface area (Å²) in [5.74, 6) is 0.984. The maximum Gasteiger partial charge on any atom is 0.253 e. The largest absolute Gasteiger partial charge is 0.326 e. The Morgan fingerprint density at radius 2 is 1.73 bits per heavy atom. The van der Waals surface area contributed by atoms with Crippen molar-refractivity contribution in [2.45, 2.75) is 33.6 Å². The number of nitrogens with zero attached hydrogens (tertiary/aromatic N) is 4. The van der Waals surface area contributed by atoms with E-state index in [1.807, 2.05) is 50.2 Å². The van der Waals surface area contributed by atoms with Crippen LogP contribution in [0.5, 0.6) is 0 Å². The Morgan fingerprint density at radius 1 is 1.03 bits per heavy atom. The summed E-state index contributed by atoms with van der Waals surface area (Å²) in [6.07, 6.45) is 1.18. The molecule has 2 aromatic heterocycles. The molecule has 0 aliphatic heterocycles. The highest BCUT2D eigenvalue weighted by Gasteiger charge is 2.17. The fraction of sp³-hybridized carbons (Fsp3) is 0.217. The molecule has 2 aromatic carbocycles. The molecule has 152 valence electrons. The van der Waals surface area contributed by atoms with Gasteiger partial charge < -0.3 is 5.32 Å². The van der Waals surface area contributed by atoms with Gasteiger partial charge in [0.1, 0.15) is 0 Å². The first-order valence-electron chi connectivity index (χ1n) is 9.82. The van der Waals surface area contributed by atoms with Crippen molar-refractivity contribution in [3.05, 3.63) is 76.1 Å². The zero-order valence-corrected chi connectivity index (χ0v) is 17.9. The van der Waals surface area contributed by atoms with Gasteiger partial charge in [0.05, 0.1) is 6.42 Å². The third-order valence-corrected chi connectivity index (χ3v) is 5.39. The van der Waals surface area contributed by atoms with E-state index in [4.69, 9.17) is 11.6 Å². The highest BCUT2D eigenvalue weighted by Crippen LogP contribution is 2.21. The highest BCUT2D eigenvalue weighted by molar-refractivity contribution is 6.30. The predicted molar refractivity (Wildman–Crippen MR) is 119 cm³/mol. The van der Waals surface area contributed by atoms with Crippen LogP contribution in [-0.2, 0) is 17.6 Å². The van der Waals surface area contributed by atoms with Crippen LogP contribution in [0.1, 0.15) is 29.4 Å². The Labute approximate surface area is 179 Å². The smallest absolute Gasteiger partial charge is 0.253 e. The number of fused-ring (bicyclic) bond motifs is 1. The van der Waals surface area contributed by atoms with Crippen LogP contribution in [0.25, 0.3) is 17.2 Å². The Morgan fingerprint density at radius 3 is 2.40 bits per heavy atom. The van der Waals surface area contributed by atoms with E-state index in [2.05, 4.69) is 27.3 Å². The molecule has 1 N–H and O–H groups in total. The number of aromatic nitrogens is 4. The normalized spacial score (nSPS) is 11.1. The number of aryl methyl sites for hydroxylation is 3. The van der Waals surface area contributed by atoms with E-state index in [0.29, 0.717) is 16.6 Å². The molecule has 4 aromatic rings. The second kappa shape index (κ2) is 8.24. The van der Waals surface area contributed by atoms with Gasteiger partial charge in [-0.05, 0) is 62.2 Å². The SMILES string of the molecule is CCc1ccc(NC(=O)Cc2c(C)nc3nc(-c4ccc(Cl)cc4)nn3c2C)cc1. The zero-order valence-electron chi connectivity index (χ0n) is 17.1. The molecule has 0 aliphatic carbocycles. The molecule has 30 heavy (non-hydrogen) atoms. The lowest BCUT2D eigenvalue weighted by Gasteiger charge is -2.11. The number of rotatable bonds is 5. The summed E-state index contributed by atoms with van der Waals surface area (Å²) in [6.45, 7) is 5.92. The van der Waals surface area contributed by atoms with Crippen LogP contribution in [0.3, 0.4) is 0 Å². The fourth-order valence-corrected chi connectivity index (χ4v) is 3.50. The molecule has 6 nitrogen and oxygen atoms in total. The van der Waals surface area contributed by atoms with Crippen LogP contribution < -0.4 is 5.32 Å². The van der Waals surface area contributed by atoms with Crippen LogP contribution in [0.4, 0.5) is 5.69 Å². The standard InChI is InChI=1S/C23H22ClN5O/c1-4-16-5-11-19(12-6-16)26-21(30)13-20-14(2)25-23-27-22(28-29(23)15(20)3)17-7-9-18(24)10-8-17/h5-12H,4,13H2,1-3H3,(H,26,30). The lowest BCUT2D eigenvalue weighted by molar-refractivity contribution is -0.115. The third-order valence-electron chi connectivity index (χ3n) is 5.13. The lowest BCUT2D eigenvalue weighted by atomic mass is 10.1. The molecule has 0 aliphatic rings. The number of carbonyl (C=O) groups excluding carboxylic acids is 1. The number of hydrogen-bond donors (Lipinski definition) is 1. The Balaban J connectivity index is 1.60. The Hall–Kier alpha value is -3.25. The maximum atomic E-state index is 12.6. The average molecular weight is 420 g/mol. The van der Waals surface area contributed by atoms with Gasteiger partial charge in [0.15, 0.2) is 5.82 Å². The van der Waals surface area contributed by atoms with Gasteiger partial charge in [-0.1, -0.05) is 30.7 Å². The van der Waals surface area contributed by atoms with Gasteiger partial charge in [-0.3, -0.25) is 4.79 Å². The number of hydrogen-bond acceptors (Lipinski definition) is 4. The molecule has 1 amide bonds. The topological polar surface area (TPSA) is 72.2 Å². The van der Waals surface area contributed by atoms with Gasteiger partial charge in [-0.25, -0.2) is 9.50 Å². The minimum atomic E-state index is -0.0929. The van der Waals surface area contributed by atoms with Crippen molar-refractivity contribution in [1.82, 2.24) is 19.6 Å². The second-order valence-electron chi connectivity index (χ2n) is 7.19. The second-order valence-corrected chi connectivity index (χ2v) is 7.63. The first kappa shape index (κ1) is 20.0. The van der Waals surface area contributed by atoms with E-state index in [9.17, 15) is 4.79 Å². The van der Waals surface area contributed by atoms with Crippen LogP contribution in [0.2, 0.25) is 5.02 Å². The van der Waals surface area contributed by atoms with Crippen LogP contribution in [-0.4, -0.2) is 25.5 Å². The van der Waals surface area contributed by atoms with Gasteiger partial charge in [-0.15, -0.1) is 5.10 Å². The van der Waals surface area contributed by atoms with Gasteiger partial charge in [0.25, 0.3) is 5.78 Å². The molecule has 0 fully saturated rings. The summed E-state index contributed by atoms with van der Waals surface area (Å²) in [4.78, 5) is 21.7. The zero-order chi connectivity index (χ0) is 21.3. The predicted octanol–water partition coefficient (Wildman–Crippen LogP) is 4.81. The summed E-state index contributed by atoms with van der Waals surface area (Å²) in [5, 5.41) is 8.21. The van der Waals surface area contributed by atoms with E-state index in [1.165, 1.54) is 5.56 Å². The van der Waals surface area contributed by atoms with Crippen molar-refractivity contribution in [3.63, 3.8) is 0 Å². The number of nitrogens with one attached hydrogen (secondary N) is 1. The maximum absolute atomic E-state index is 12.6. The van der Waals surface area contributed by atoms with Crippen molar-refractivity contribution in [2.24, 2.45) is 0 Å². The molecule has 0 unspecified atom stereocenters. The molecule has 0 spiro atoms. The molecule has 2 heterocycles. The van der Waals surface area contributed by atoms with Gasteiger partial charge in [0, 0.05) is 33.2 Å². The Kier molecular flexibility index (Phi) is 5.50. The molecule has 0 bridgehead atoms. The molecule has 7 heteroatoms. The first-order chi connectivity index (χ1) is 14.4. The van der Waals surface area contributed by atoms with Crippen LogP contribution in [0, 0.1) is 13.8 Å². The molecular formula is C23H22ClN5O. The molecular weight excluding hydrogens is 398 g/mol. The van der Waals surface area contributed by atoms with Crippen LogP contribution in [0.15, 0.2) is 48.5 Å². The summed E-state index contributed by atoms with van der Waals surface area (Å²) in [7, 11) is 0. The molecule has 0 atom stereocenters. The third kappa shape index (κ3) is 4.04. The highest BCUT2D eigenvalue weighted by atomic mass is 35.5. The molecule has 0 radical (unpaired) electrons. The minimum Gasteiger partial charge on any atom is -0.326 e. The van der Waals surface area contributed by atoms with Crippen molar-refractivity contribution < 1.29 is 4.79 Å². The minimum absolute atomic E-state index is 0.0929. The number of carbonyl (C=O) groups is 1. The molecule has 0 saturated carbocycles. The van der Waals surface area contributed by atoms with Gasteiger partial charge in [-0.2, -0.15) is 4.98 Å². The van der Waals surface area contributed by atoms with E-state index < -0.39 is 0 Å². The van der Waals surface area contributed by atoms with Crippen molar-refractivity contribution in [3.8, 4) is 11.4 Å².